The molecule has 2 heteroatoms. The van der Waals surface area contributed by atoms with Crippen molar-refractivity contribution in [3.8, 4) is 0 Å². The number of aliphatic hydroxyl groups is 1. The van der Waals surface area contributed by atoms with Gasteiger partial charge in [-0.05, 0) is 79.1 Å². The first-order valence-corrected chi connectivity index (χ1v) is 9.29. The Morgan fingerprint density at radius 1 is 1.14 bits per heavy atom. The van der Waals surface area contributed by atoms with E-state index < -0.39 is 0 Å². The van der Waals surface area contributed by atoms with Gasteiger partial charge in [0.2, 0.25) is 0 Å². The van der Waals surface area contributed by atoms with Crippen LogP contribution in [0.4, 0.5) is 0 Å². The molecule has 0 bridgehead atoms. The summed E-state index contributed by atoms with van der Waals surface area (Å²) in [5, 5.41) is 10.5. The number of carbonyl (C=O) groups is 1. The average molecular weight is 302 g/mol. The molecule has 4 rings (SSSR count). The van der Waals surface area contributed by atoms with Crippen LogP contribution >= 0.6 is 0 Å². The summed E-state index contributed by atoms with van der Waals surface area (Å²) in [5.41, 5.74) is 1.85. The zero-order chi connectivity index (χ0) is 15.7. The summed E-state index contributed by atoms with van der Waals surface area (Å²) < 4.78 is 0. The van der Waals surface area contributed by atoms with Gasteiger partial charge in [-0.1, -0.05) is 26.3 Å². The first kappa shape index (κ1) is 14.9. The van der Waals surface area contributed by atoms with E-state index in [1.54, 1.807) is 0 Å². The Kier molecular flexibility index (Phi) is 3.18. The summed E-state index contributed by atoms with van der Waals surface area (Å²) in [6, 6.07) is 0. The number of hydrogen-bond donors (Lipinski definition) is 1. The van der Waals surface area contributed by atoms with E-state index in [0.29, 0.717) is 17.6 Å². The van der Waals surface area contributed by atoms with Crippen molar-refractivity contribution in [2.75, 3.05) is 0 Å². The lowest BCUT2D eigenvalue weighted by Gasteiger charge is -2.59. The molecule has 0 spiro atoms. The number of aliphatic hydroxyl groups excluding tert-OH is 1. The second-order valence-corrected chi connectivity index (χ2v) is 9.13. The van der Waals surface area contributed by atoms with E-state index in [2.05, 4.69) is 20.8 Å². The van der Waals surface area contributed by atoms with Crippen LogP contribution in [0.25, 0.3) is 0 Å². The lowest BCUT2D eigenvalue weighted by molar-refractivity contribution is -0.118. The third-order valence-electron chi connectivity index (χ3n) is 8.23. The Labute approximate surface area is 134 Å². The zero-order valence-electron chi connectivity index (χ0n) is 14.3. The molecular weight excluding hydrogens is 272 g/mol. The fourth-order valence-corrected chi connectivity index (χ4v) is 6.96. The minimum atomic E-state index is -0.0913. The predicted octanol–water partition coefficient (Wildman–Crippen LogP) is 4.13. The Balaban J connectivity index is 1.73. The highest BCUT2D eigenvalue weighted by Crippen LogP contribution is 2.66. The summed E-state index contributed by atoms with van der Waals surface area (Å²) >= 11 is 0. The van der Waals surface area contributed by atoms with Crippen molar-refractivity contribution in [2.45, 2.75) is 71.8 Å². The summed E-state index contributed by atoms with van der Waals surface area (Å²) in [4.78, 5) is 11.9. The van der Waals surface area contributed by atoms with Crippen LogP contribution in [0.2, 0.25) is 0 Å². The number of rotatable bonds is 0. The SMILES string of the molecule is CC1C[C@H]2[C@@H]3CC[C@H](O)[C@@]3(C)CC[C@@H]2[C@@]2(C)CCC(=O)C=C12. The molecule has 0 aromatic heterocycles. The molecule has 1 N–H and O–H groups in total. The molecule has 1 unspecified atom stereocenters. The molecule has 4 aliphatic carbocycles. The van der Waals surface area contributed by atoms with Crippen molar-refractivity contribution in [2.24, 2.45) is 34.5 Å². The van der Waals surface area contributed by atoms with E-state index >= 15 is 0 Å². The summed E-state index contributed by atoms with van der Waals surface area (Å²) in [6.45, 7) is 7.11. The molecule has 22 heavy (non-hydrogen) atoms. The molecule has 3 saturated carbocycles. The highest BCUT2D eigenvalue weighted by molar-refractivity contribution is 5.91. The molecule has 0 heterocycles. The fraction of sp³-hybridized carbons (Fsp3) is 0.850. The molecule has 0 aliphatic heterocycles. The molecule has 0 aromatic rings. The second-order valence-electron chi connectivity index (χ2n) is 9.13. The minimum absolute atomic E-state index is 0.0913. The van der Waals surface area contributed by atoms with Gasteiger partial charge in [-0.15, -0.1) is 0 Å². The van der Waals surface area contributed by atoms with Crippen molar-refractivity contribution < 1.29 is 9.90 Å². The van der Waals surface area contributed by atoms with Gasteiger partial charge in [0.05, 0.1) is 6.10 Å². The van der Waals surface area contributed by atoms with Crippen LogP contribution in [-0.4, -0.2) is 17.0 Å². The number of fused-ring (bicyclic) bond motifs is 5. The van der Waals surface area contributed by atoms with Gasteiger partial charge >= 0.3 is 0 Å². The maximum atomic E-state index is 11.9. The van der Waals surface area contributed by atoms with Crippen LogP contribution in [0.1, 0.15) is 65.7 Å². The highest BCUT2D eigenvalue weighted by atomic mass is 16.3. The predicted molar refractivity (Wildman–Crippen MR) is 87.3 cm³/mol. The van der Waals surface area contributed by atoms with Crippen LogP contribution in [-0.2, 0) is 4.79 Å². The quantitative estimate of drug-likeness (QED) is 0.730. The Bertz CT molecular complexity index is 536. The number of ketones is 1. The van der Waals surface area contributed by atoms with E-state index in [4.69, 9.17) is 0 Å². The molecular formula is C20H30O2. The van der Waals surface area contributed by atoms with Crippen LogP contribution in [0, 0.1) is 34.5 Å². The molecule has 0 saturated heterocycles. The fourth-order valence-electron chi connectivity index (χ4n) is 6.96. The molecule has 4 aliphatic rings. The molecule has 0 radical (unpaired) electrons. The van der Waals surface area contributed by atoms with Crippen molar-refractivity contribution in [1.82, 2.24) is 0 Å². The third-order valence-corrected chi connectivity index (χ3v) is 8.23. The highest BCUT2D eigenvalue weighted by Gasteiger charge is 2.59. The first-order valence-electron chi connectivity index (χ1n) is 9.29. The van der Waals surface area contributed by atoms with Gasteiger partial charge < -0.3 is 5.11 Å². The Hall–Kier alpha value is -0.630. The van der Waals surface area contributed by atoms with Crippen LogP contribution in [0.3, 0.4) is 0 Å². The van der Waals surface area contributed by atoms with E-state index in [-0.39, 0.29) is 16.9 Å². The molecule has 7 atom stereocenters. The second kappa shape index (κ2) is 4.69. The molecule has 3 fully saturated rings. The van der Waals surface area contributed by atoms with Gasteiger partial charge in [0.25, 0.3) is 0 Å². The van der Waals surface area contributed by atoms with E-state index in [9.17, 15) is 9.90 Å². The van der Waals surface area contributed by atoms with E-state index in [1.807, 2.05) is 6.08 Å². The van der Waals surface area contributed by atoms with Gasteiger partial charge in [-0.2, -0.15) is 0 Å². The van der Waals surface area contributed by atoms with Gasteiger partial charge in [-0.3, -0.25) is 4.79 Å². The number of carbonyl (C=O) groups excluding carboxylic acids is 1. The maximum Gasteiger partial charge on any atom is 0.155 e. The van der Waals surface area contributed by atoms with E-state index in [0.717, 1.165) is 31.1 Å². The van der Waals surface area contributed by atoms with Crippen LogP contribution < -0.4 is 0 Å². The third kappa shape index (κ3) is 1.79. The molecule has 2 nitrogen and oxygen atoms in total. The average Bonchev–Trinajstić information content (AvgIpc) is 2.77. The normalized spacial score (nSPS) is 54.3. The summed E-state index contributed by atoms with van der Waals surface area (Å²) in [6.07, 6.45) is 9.54. The lowest BCUT2D eigenvalue weighted by atomic mass is 9.45. The molecule has 122 valence electrons. The maximum absolute atomic E-state index is 11.9. The van der Waals surface area contributed by atoms with E-state index in [1.165, 1.54) is 31.3 Å². The monoisotopic (exact) mass is 302 g/mol. The summed E-state index contributed by atoms with van der Waals surface area (Å²) in [5.74, 6) is 3.05. The van der Waals surface area contributed by atoms with Crippen molar-refractivity contribution in [1.29, 1.82) is 0 Å². The van der Waals surface area contributed by atoms with Crippen molar-refractivity contribution in [3.05, 3.63) is 11.6 Å². The van der Waals surface area contributed by atoms with Crippen LogP contribution in [0.15, 0.2) is 11.6 Å². The smallest absolute Gasteiger partial charge is 0.155 e. The standard InChI is InChI=1S/C20H30O2/c1-12-10-14-15-4-5-18(22)20(15,3)9-7-16(14)19(2)8-6-13(21)11-17(12)19/h11-12,14-16,18,22H,4-10H2,1-3H3/t12?,14-,15-,16-,18-,19+,20-/m0/s1. The van der Waals surface area contributed by atoms with Gasteiger partial charge in [0.1, 0.15) is 0 Å². The Morgan fingerprint density at radius 3 is 2.68 bits per heavy atom. The van der Waals surface area contributed by atoms with Gasteiger partial charge in [-0.25, -0.2) is 0 Å². The largest absolute Gasteiger partial charge is 0.393 e. The first-order chi connectivity index (χ1) is 10.4. The molecule has 0 amide bonds. The van der Waals surface area contributed by atoms with Crippen molar-refractivity contribution in [3.63, 3.8) is 0 Å². The summed E-state index contributed by atoms with van der Waals surface area (Å²) in [7, 11) is 0. The van der Waals surface area contributed by atoms with Gasteiger partial charge in [0, 0.05) is 6.42 Å². The van der Waals surface area contributed by atoms with Crippen molar-refractivity contribution >= 4 is 5.78 Å². The van der Waals surface area contributed by atoms with Crippen LogP contribution in [0.5, 0.6) is 0 Å². The minimum Gasteiger partial charge on any atom is -0.393 e. The number of hydrogen-bond acceptors (Lipinski definition) is 2. The zero-order valence-corrected chi connectivity index (χ0v) is 14.3. The Morgan fingerprint density at radius 2 is 1.91 bits per heavy atom. The lowest BCUT2D eigenvalue weighted by Crippen LogP contribution is -2.52. The van der Waals surface area contributed by atoms with Gasteiger partial charge in [0.15, 0.2) is 5.78 Å². The topological polar surface area (TPSA) is 37.3 Å². The molecule has 0 aromatic carbocycles. The number of allylic oxidation sites excluding steroid dienone is 1.